The first-order chi connectivity index (χ1) is 7.27. The summed E-state index contributed by atoms with van der Waals surface area (Å²) in [4.78, 5) is 0. The Balaban J connectivity index is 2.29. The Bertz CT molecular complexity index is 422. The summed E-state index contributed by atoms with van der Waals surface area (Å²) < 4.78 is 12.8. The molecule has 0 nitrogen and oxygen atoms in total. The quantitative estimate of drug-likeness (QED) is 0.648. The maximum absolute atomic E-state index is 12.8. The molecule has 0 saturated carbocycles. The van der Waals surface area contributed by atoms with E-state index in [1.54, 1.807) is 0 Å². The molecule has 0 aliphatic heterocycles. The first kappa shape index (κ1) is 9.97. The van der Waals surface area contributed by atoms with Crippen molar-refractivity contribution in [3.8, 4) is 0 Å². The molecule has 0 aromatic heterocycles. The summed E-state index contributed by atoms with van der Waals surface area (Å²) in [7, 11) is 0. The Morgan fingerprint density at radius 3 is 1.93 bits per heavy atom. The van der Waals surface area contributed by atoms with Crippen molar-refractivity contribution in [2.75, 3.05) is 0 Å². The molecule has 0 heterocycles. The SMILES string of the molecule is CB(c1ccccc1)c1ccc(F)cc1. The topological polar surface area (TPSA) is 0 Å². The number of hydrogen-bond acceptors (Lipinski definition) is 0. The summed E-state index contributed by atoms with van der Waals surface area (Å²) in [6, 6.07) is 16.9. The van der Waals surface area contributed by atoms with Crippen LogP contribution in [0.1, 0.15) is 0 Å². The van der Waals surface area contributed by atoms with E-state index >= 15 is 0 Å². The molecule has 0 saturated heterocycles. The lowest BCUT2D eigenvalue weighted by molar-refractivity contribution is 0.628. The summed E-state index contributed by atoms with van der Waals surface area (Å²) >= 11 is 0. The van der Waals surface area contributed by atoms with E-state index in [1.165, 1.54) is 17.6 Å². The Hall–Kier alpha value is -1.57. The second-order valence-electron chi connectivity index (χ2n) is 3.68. The van der Waals surface area contributed by atoms with Crippen molar-refractivity contribution < 1.29 is 4.39 Å². The van der Waals surface area contributed by atoms with Crippen LogP contribution in [-0.4, -0.2) is 6.71 Å². The fourth-order valence-electron chi connectivity index (χ4n) is 1.69. The fraction of sp³-hybridized carbons (Fsp3) is 0.0769. The Kier molecular flexibility index (Phi) is 2.86. The van der Waals surface area contributed by atoms with Gasteiger partial charge >= 0.3 is 0 Å². The van der Waals surface area contributed by atoms with Gasteiger partial charge < -0.3 is 0 Å². The molecule has 0 spiro atoms. The highest BCUT2D eigenvalue weighted by molar-refractivity contribution is 6.84. The van der Waals surface area contributed by atoms with E-state index in [1.807, 2.05) is 30.3 Å². The average Bonchev–Trinajstić information content (AvgIpc) is 2.30. The Morgan fingerprint density at radius 1 is 0.800 bits per heavy atom. The lowest BCUT2D eigenvalue weighted by atomic mass is 9.43. The molecule has 0 N–H and O–H groups in total. The van der Waals surface area contributed by atoms with Gasteiger partial charge in [0.25, 0.3) is 0 Å². The minimum Gasteiger partial charge on any atom is -0.207 e. The third kappa shape index (κ3) is 2.27. The highest BCUT2D eigenvalue weighted by Gasteiger charge is 2.11. The van der Waals surface area contributed by atoms with E-state index in [0.29, 0.717) is 6.71 Å². The number of hydrogen-bond donors (Lipinski definition) is 0. The van der Waals surface area contributed by atoms with Crippen molar-refractivity contribution in [3.63, 3.8) is 0 Å². The molecule has 74 valence electrons. The van der Waals surface area contributed by atoms with Crippen LogP contribution in [0.2, 0.25) is 6.82 Å². The zero-order chi connectivity index (χ0) is 10.7. The monoisotopic (exact) mass is 198 g/mol. The van der Waals surface area contributed by atoms with E-state index < -0.39 is 0 Å². The van der Waals surface area contributed by atoms with Crippen molar-refractivity contribution in [1.82, 2.24) is 0 Å². The first-order valence-corrected chi connectivity index (χ1v) is 5.08. The molecular weight excluding hydrogens is 186 g/mol. The van der Waals surface area contributed by atoms with Gasteiger partial charge in [0.1, 0.15) is 5.82 Å². The lowest BCUT2D eigenvalue weighted by Crippen LogP contribution is -2.38. The second-order valence-corrected chi connectivity index (χ2v) is 3.68. The molecule has 0 atom stereocenters. The third-order valence-corrected chi connectivity index (χ3v) is 2.67. The smallest absolute Gasteiger partial charge is 0.206 e. The molecule has 0 bridgehead atoms. The molecule has 2 aromatic carbocycles. The predicted molar refractivity (Wildman–Crippen MR) is 63.7 cm³/mol. The van der Waals surface area contributed by atoms with E-state index in [9.17, 15) is 4.39 Å². The zero-order valence-electron chi connectivity index (χ0n) is 8.65. The summed E-state index contributed by atoms with van der Waals surface area (Å²) in [5, 5.41) is 0. The van der Waals surface area contributed by atoms with Crippen molar-refractivity contribution in [3.05, 3.63) is 60.4 Å². The van der Waals surface area contributed by atoms with Crippen LogP contribution in [0.25, 0.3) is 0 Å². The standard InChI is InChI=1S/C13H12BF/c1-14(11-5-3-2-4-6-11)12-7-9-13(15)10-8-12/h2-10H,1H3. The van der Waals surface area contributed by atoms with Gasteiger partial charge in [-0.15, -0.1) is 0 Å². The van der Waals surface area contributed by atoms with Crippen LogP contribution in [0.3, 0.4) is 0 Å². The summed E-state index contributed by atoms with van der Waals surface area (Å²) in [6.07, 6.45) is 0. The van der Waals surface area contributed by atoms with E-state index in [-0.39, 0.29) is 5.82 Å². The largest absolute Gasteiger partial charge is 0.207 e. The van der Waals surface area contributed by atoms with Gasteiger partial charge in [0.05, 0.1) is 0 Å². The van der Waals surface area contributed by atoms with Gasteiger partial charge in [-0.1, -0.05) is 60.2 Å². The molecule has 0 fully saturated rings. The predicted octanol–water partition coefficient (Wildman–Crippen LogP) is 2.06. The molecule has 0 unspecified atom stereocenters. The number of benzene rings is 2. The summed E-state index contributed by atoms with van der Waals surface area (Å²) in [5.41, 5.74) is 2.40. The minimum atomic E-state index is -0.181. The van der Waals surface area contributed by atoms with E-state index in [2.05, 4.69) is 19.0 Å². The van der Waals surface area contributed by atoms with Gasteiger partial charge in [0.15, 0.2) is 0 Å². The highest BCUT2D eigenvalue weighted by Crippen LogP contribution is 1.95. The lowest BCUT2D eigenvalue weighted by Gasteiger charge is -2.08. The maximum atomic E-state index is 12.8. The third-order valence-electron chi connectivity index (χ3n) is 2.67. The summed E-state index contributed by atoms with van der Waals surface area (Å²) in [5.74, 6) is -0.181. The van der Waals surface area contributed by atoms with Crippen molar-refractivity contribution >= 4 is 17.6 Å². The van der Waals surface area contributed by atoms with Gasteiger partial charge in [0.2, 0.25) is 6.71 Å². The van der Waals surface area contributed by atoms with Crippen molar-refractivity contribution in [1.29, 1.82) is 0 Å². The molecule has 2 heteroatoms. The summed E-state index contributed by atoms with van der Waals surface area (Å²) in [6.45, 7) is 2.44. The van der Waals surface area contributed by atoms with Gasteiger partial charge in [-0.25, -0.2) is 4.39 Å². The molecule has 2 rings (SSSR count). The highest BCUT2D eigenvalue weighted by atomic mass is 19.1. The van der Waals surface area contributed by atoms with Gasteiger partial charge in [-0.2, -0.15) is 0 Å². The normalized spacial score (nSPS) is 10.0. The average molecular weight is 198 g/mol. The van der Waals surface area contributed by atoms with Crippen LogP contribution in [0, 0.1) is 5.82 Å². The molecule has 15 heavy (non-hydrogen) atoms. The first-order valence-electron chi connectivity index (χ1n) is 5.08. The molecule has 0 aliphatic rings. The fourth-order valence-corrected chi connectivity index (χ4v) is 1.69. The maximum Gasteiger partial charge on any atom is 0.206 e. The van der Waals surface area contributed by atoms with Gasteiger partial charge in [0, 0.05) is 0 Å². The Morgan fingerprint density at radius 2 is 1.33 bits per heavy atom. The van der Waals surface area contributed by atoms with Gasteiger partial charge in [-0.3, -0.25) is 0 Å². The van der Waals surface area contributed by atoms with Crippen molar-refractivity contribution in [2.45, 2.75) is 6.82 Å². The molecule has 2 aromatic rings. The van der Waals surface area contributed by atoms with Crippen molar-refractivity contribution in [2.24, 2.45) is 0 Å². The number of halogens is 1. The van der Waals surface area contributed by atoms with Gasteiger partial charge in [-0.05, 0) is 12.1 Å². The van der Waals surface area contributed by atoms with Crippen LogP contribution in [-0.2, 0) is 0 Å². The molecule has 0 radical (unpaired) electrons. The number of rotatable bonds is 2. The van der Waals surface area contributed by atoms with Crippen LogP contribution in [0.5, 0.6) is 0 Å². The molecule has 0 amide bonds. The van der Waals surface area contributed by atoms with Crippen LogP contribution >= 0.6 is 0 Å². The van der Waals surface area contributed by atoms with Crippen LogP contribution in [0.4, 0.5) is 4.39 Å². The second kappa shape index (κ2) is 4.30. The van der Waals surface area contributed by atoms with E-state index in [0.717, 1.165) is 5.46 Å². The van der Waals surface area contributed by atoms with E-state index in [4.69, 9.17) is 0 Å². The van der Waals surface area contributed by atoms with Crippen LogP contribution in [0.15, 0.2) is 54.6 Å². The molecule has 0 aliphatic carbocycles. The van der Waals surface area contributed by atoms with Crippen LogP contribution < -0.4 is 10.9 Å². The Labute approximate surface area is 89.8 Å². The zero-order valence-corrected chi connectivity index (χ0v) is 8.65. The minimum absolute atomic E-state index is 0.181. The molecular formula is C13H12BF.